The summed E-state index contributed by atoms with van der Waals surface area (Å²) < 4.78 is 69.9. The Morgan fingerprint density at radius 1 is 0.585 bits per heavy atom. The molecule has 12 heteroatoms. The van der Waals surface area contributed by atoms with E-state index in [0.29, 0.717) is 28.0 Å². The predicted molar refractivity (Wildman–Crippen MR) is 158 cm³/mol. The highest BCUT2D eigenvalue weighted by molar-refractivity contribution is 7.86. The lowest BCUT2D eigenvalue weighted by Gasteiger charge is -2.19. The number of hydrogen-bond acceptors (Lipinski definition) is 6. The van der Waals surface area contributed by atoms with E-state index in [9.17, 15) is 25.9 Å². The Kier molecular flexibility index (Phi) is 6.12. The van der Waals surface area contributed by atoms with Gasteiger partial charge in [-0.3, -0.25) is 9.11 Å². The largest absolute Gasteiger partial charge is 0.355 e. The molecule has 0 aliphatic carbocycles. The van der Waals surface area contributed by atoms with Gasteiger partial charge in [-0.1, -0.05) is 0 Å². The van der Waals surface area contributed by atoms with E-state index in [1.165, 1.54) is 20.8 Å². The summed E-state index contributed by atoms with van der Waals surface area (Å²) in [6.45, 7) is 4.22. The molecule has 0 radical (unpaired) electrons. The van der Waals surface area contributed by atoms with Crippen molar-refractivity contribution < 1.29 is 25.9 Å². The van der Waals surface area contributed by atoms with Gasteiger partial charge in [0.25, 0.3) is 20.2 Å². The first-order valence-electron chi connectivity index (χ1n) is 12.5. The molecule has 0 saturated carbocycles. The molecule has 1 aromatic carbocycles. The average molecular weight is 589 g/mol. The number of rotatable bonds is 3. The number of aromatic nitrogens is 4. The lowest BCUT2D eigenvalue weighted by Crippen LogP contribution is -2.13. The summed E-state index contributed by atoms with van der Waals surface area (Å²) in [5.41, 5.74) is 6.26. The van der Waals surface area contributed by atoms with Crippen molar-refractivity contribution in [2.75, 3.05) is 0 Å². The maximum absolute atomic E-state index is 12.4. The molecule has 10 nitrogen and oxygen atoms in total. The predicted octanol–water partition coefficient (Wildman–Crippen LogP) is 5.74. The van der Waals surface area contributed by atoms with Gasteiger partial charge < -0.3 is 9.97 Å². The van der Waals surface area contributed by atoms with E-state index in [-0.39, 0.29) is 22.3 Å². The Morgan fingerprint density at radius 3 is 1.61 bits per heavy atom. The second-order valence-corrected chi connectivity index (χ2v) is 12.7. The van der Waals surface area contributed by atoms with Crippen LogP contribution >= 0.6 is 0 Å². The average Bonchev–Trinajstić information content (AvgIpc) is 3.63. The number of fused-ring (bicyclic) bond motifs is 8. The summed E-state index contributed by atoms with van der Waals surface area (Å²) in [5.74, 6) is 0. The summed E-state index contributed by atoms with van der Waals surface area (Å²) in [6.07, 6.45) is 7.47. The van der Waals surface area contributed by atoms with E-state index >= 15 is 0 Å². The van der Waals surface area contributed by atoms with Crippen LogP contribution in [-0.4, -0.2) is 45.9 Å². The van der Waals surface area contributed by atoms with Crippen molar-refractivity contribution in [3.8, 4) is 11.1 Å². The number of benzene rings is 1. The zero-order chi connectivity index (χ0) is 29.3. The van der Waals surface area contributed by atoms with Crippen molar-refractivity contribution in [2.24, 2.45) is 0 Å². The molecule has 3 aromatic heterocycles. The van der Waals surface area contributed by atoms with Gasteiger partial charge in [0.1, 0.15) is 9.79 Å². The lowest BCUT2D eigenvalue weighted by atomic mass is 9.94. The number of hydrogen-bond donors (Lipinski definition) is 4. The quantitative estimate of drug-likeness (QED) is 0.190. The Morgan fingerprint density at radius 2 is 1.07 bits per heavy atom. The molecule has 2 aliphatic heterocycles. The van der Waals surface area contributed by atoms with E-state index in [0.717, 1.165) is 22.4 Å². The molecule has 6 rings (SSSR count). The van der Waals surface area contributed by atoms with Crippen molar-refractivity contribution in [3.63, 3.8) is 0 Å². The molecular weight excluding hydrogens is 564 g/mol. The van der Waals surface area contributed by atoms with Gasteiger partial charge in [0.15, 0.2) is 0 Å². The van der Waals surface area contributed by atoms with Gasteiger partial charge >= 0.3 is 0 Å². The molecule has 0 spiro atoms. The van der Waals surface area contributed by atoms with Gasteiger partial charge in [0, 0.05) is 27.6 Å². The molecule has 0 fully saturated rings. The van der Waals surface area contributed by atoms with Crippen LogP contribution in [0.3, 0.4) is 0 Å². The third kappa shape index (κ3) is 4.91. The zero-order valence-corrected chi connectivity index (χ0v) is 23.7. The molecular formula is C29H24N4O6S2. The van der Waals surface area contributed by atoms with Gasteiger partial charge in [-0.15, -0.1) is 0 Å². The number of aromatic amines is 2. The minimum atomic E-state index is -4.86. The SMILES string of the molecule is Cc1c(-c2cc3cc4ccc(cc5nc(cc6nc(cc2[nH]3)C=C6)C=C5)[nH]4)c(C)c(S(=O)(=O)O)c(C)c1S(=O)(=O)O. The van der Waals surface area contributed by atoms with Crippen LogP contribution in [0, 0.1) is 20.8 Å². The Hall–Kier alpha value is -4.36. The lowest BCUT2D eigenvalue weighted by molar-refractivity contribution is 0.479. The third-order valence-electron chi connectivity index (χ3n) is 7.07. The van der Waals surface area contributed by atoms with Gasteiger partial charge in [-0.2, -0.15) is 16.8 Å². The molecule has 41 heavy (non-hydrogen) atoms. The molecule has 208 valence electrons. The summed E-state index contributed by atoms with van der Waals surface area (Å²) in [6, 6.07) is 12.9. The maximum Gasteiger partial charge on any atom is 0.295 e. The fourth-order valence-electron chi connectivity index (χ4n) is 5.58. The highest BCUT2D eigenvalue weighted by atomic mass is 32.2. The Labute approximate surface area is 235 Å². The van der Waals surface area contributed by atoms with Crippen LogP contribution < -0.4 is 0 Å². The zero-order valence-electron chi connectivity index (χ0n) is 22.1. The standard InChI is InChI=1S/C29H24N4O6S2/c1-15-27(16(2)29(41(37,38)39)17(3)28(15)40(34,35)36)25-13-24-12-22-7-6-20(31-22)10-18-4-5-19(30-18)11-21-8-9-23(32-21)14-26(25)33-24/h4-14,31,33H,1-3H3,(H,34,35,36)(H,37,38,39). The first-order chi connectivity index (χ1) is 19.3. The molecule has 0 saturated heterocycles. The van der Waals surface area contributed by atoms with Crippen molar-refractivity contribution in [2.45, 2.75) is 30.6 Å². The summed E-state index contributed by atoms with van der Waals surface area (Å²) >= 11 is 0. The van der Waals surface area contributed by atoms with Crippen LogP contribution in [0.4, 0.5) is 0 Å². The van der Waals surface area contributed by atoms with Gasteiger partial charge in [-0.25, -0.2) is 9.97 Å². The molecule has 2 aliphatic rings. The minimum Gasteiger partial charge on any atom is -0.355 e. The van der Waals surface area contributed by atoms with Crippen molar-refractivity contribution in [1.29, 1.82) is 0 Å². The third-order valence-corrected chi connectivity index (χ3v) is 9.32. The normalized spacial score (nSPS) is 13.2. The molecule has 0 atom stereocenters. The minimum absolute atomic E-state index is 0.139. The fourth-order valence-corrected chi connectivity index (χ4v) is 7.60. The van der Waals surface area contributed by atoms with Crippen LogP contribution in [-0.2, 0) is 20.2 Å². The first kappa shape index (κ1) is 26.8. The number of nitrogens with one attached hydrogen (secondary N) is 2. The van der Waals surface area contributed by atoms with Crippen molar-refractivity contribution in [1.82, 2.24) is 19.9 Å². The van der Waals surface area contributed by atoms with Crippen LogP contribution in [0.1, 0.15) is 39.5 Å². The van der Waals surface area contributed by atoms with Gasteiger partial charge in [0.05, 0.1) is 22.8 Å². The number of H-pyrrole nitrogens is 2. The molecule has 0 unspecified atom stereocenters. The highest BCUT2D eigenvalue weighted by Gasteiger charge is 2.30. The topological polar surface area (TPSA) is 166 Å². The molecule has 5 heterocycles. The molecule has 4 N–H and O–H groups in total. The fraction of sp³-hybridized carbons (Fsp3) is 0.103. The van der Waals surface area contributed by atoms with E-state index in [1.807, 2.05) is 54.6 Å². The van der Waals surface area contributed by atoms with Crippen molar-refractivity contribution >= 4 is 66.6 Å². The van der Waals surface area contributed by atoms with E-state index in [2.05, 4.69) is 19.9 Å². The first-order valence-corrected chi connectivity index (χ1v) is 15.3. The summed E-state index contributed by atoms with van der Waals surface area (Å²) in [4.78, 5) is 14.8. The summed E-state index contributed by atoms with van der Waals surface area (Å²) in [5, 5.41) is 0. The molecule has 4 aromatic rings. The second-order valence-electron chi connectivity index (χ2n) is 9.95. The Balaban J connectivity index is 1.76. The van der Waals surface area contributed by atoms with Crippen LogP contribution in [0.5, 0.6) is 0 Å². The van der Waals surface area contributed by atoms with Gasteiger partial charge in [0.2, 0.25) is 0 Å². The molecule has 0 amide bonds. The number of nitrogens with zero attached hydrogens (tertiary/aromatic N) is 2. The van der Waals surface area contributed by atoms with E-state index in [4.69, 9.17) is 0 Å². The smallest absolute Gasteiger partial charge is 0.295 e. The van der Waals surface area contributed by atoms with Crippen LogP contribution in [0.25, 0.3) is 57.5 Å². The second kappa shape index (κ2) is 9.35. The van der Waals surface area contributed by atoms with Crippen LogP contribution in [0.15, 0.2) is 52.3 Å². The van der Waals surface area contributed by atoms with Crippen molar-refractivity contribution in [3.05, 3.63) is 81.9 Å². The summed E-state index contributed by atoms with van der Waals surface area (Å²) in [7, 11) is -9.71. The van der Waals surface area contributed by atoms with Gasteiger partial charge in [-0.05, 0) is 110 Å². The monoisotopic (exact) mass is 588 g/mol. The Bertz CT molecular complexity index is 2180. The van der Waals surface area contributed by atoms with E-state index in [1.54, 1.807) is 12.1 Å². The van der Waals surface area contributed by atoms with Crippen LogP contribution in [0.2, 0.25) is 0 Å². The molecule has 8 bridgehead atoms. The maximum atomic E-state index is 12.4. The highest BCUT2D eigenvalue weighted by Crippen LogP contribution is 2.41. The van der Waals surface area contributed by atoms with E-state index < -0.39 is 30.0 Å².